The summed E-state index contributed by atoms with van der Waals surface area (Å²) >= 11 is 0. The van der Waals surface area contributed by atoms with Crippen molar-refractivity contribution in [1.29, 1.82) is 0 Å². The lowest BCUT2D eigenvalue weighted by Crippen LogP contribution is -2.54. The van der Waals surface area contributed by atoms with Crippen molar-refractivity contribution in [3.8, 4) is 0 Å². The third-order valence-corrected chi connectivity index (χ3v) is 15.6. The highest BCUT2D eigenvalue weighted by molar-refractivity contribution is 5.09. The third-order valence-electron chi connectivity index (χ3n) is 15.6. The molecule has 0 bridgehead atoms. The van der Waals surface area contributed by atoms with Crippen LogP contribution in [0.3, 0.4) is 0 Å². The first-order valence-corrected chi connectivity index (χ1v) is 21.4. The lowest BCUT2D eigenvalue weighted by atomic mass is 9.44. The Morgan fingerprint density at radius 3 is 2.21 bits per heavy atom. The minimum atomic E-state index is -0.0266. The second-order valence-corrected chi connectivity index (χ2v) is 18.3. The van der Waals surface area contributed by atoms with Gasteiger partial charge in [0, 0.05) is 63.9 Å². The van der Waals surface area contributed by atoms with Crippen LogP contribution in [0.5, 0.6) is 0 Å². The number of aliphatic hydroxyl groups is 1. The number of aliphatic hydroxyl groups excluding tert-OH is 1. The van der Waals surface area contributed by atoms with Gasteiger partial charge in [-0.3, -0.25) is 0 Å². The predicted octanol–water partition coefficient (Wildman–Crippen LogP) is 5.43. The summed E-state index contributed by atoms with van der Waals surface area (Å²) in [5.41, 5.74) is 1.07. The zero-order valence-electron chi connectivity index (χ0n) is 31.6. The molecule has 7 heteroatoms. The van der Waals surface area contributed by atoms with Crippen molar-refractivity contribution in [3.63, 3.8) is 0 Å². The van der Waals surface area contributed by atoms with Crippen molar-refractivity contribution in [2.24, 2.45) is 46.3 Å². The molecule has 6 aliphatic rings. The maximum absolute atomic E-state index is 10.4. The number of rotatable bonds is 9. The van der Waals surface area contributed by atoms with Crippen LogP contribution in [0.2, 0.25) is 0 Å². The fraction of sp³-hybridized carbons (Fsp3) is 1.00. The quantitative estimate of drug-likeness (QED) is 0.165. The first-order valence-electron chi connectivity index (χ1n) is 21.4. The molecule has 0 aromatic carbocycles. The molecule has 1 heterocycles. The highest BCUT2D eigenvalue weighted by atomic mass is 16.3. The topological polar surface area (TPSA) is 92.4 Å². The van der Waals surface area contributed by atoms with Crippen LogP contribution in [0.1, 0.15) is 130 Å². The third kappa shape index (κ3) is 9.01. The molecule has 48 heavy (non-hydrogen) atoms. The molecule has 7 nitrogen and oxygen atoms in total. The zero-order valence-corrected chi connectivity index (χ0v) is 31.6. The van der Waals surface area contributed by atoms with Gasteiger partial charge in [0.25, 0.3) is 0 Å². The molecule has 6 rings (SSSR count). The van der Waals surface area contributed by atoms with E-state index in [0.717, 1.165) is 101 Å². The number of nitrogens with one attached hydrogen (secondary N) is 6. The van der Waals surface area contributed by atoms with Crippen LogP contribution in [-0.2, 0) is 0 Å². The Bertz CT molecular complexity index is 952. The van der Waals surface area contributed by atoms with Crippen molar-refractivity contribution < 1.29 is 5.11 Å². The average Bonchev–Trinajstić information content (AvgIpc) is 3.44. The van der Waals surface area contributed by atoms with Crippen LogP contribution >= 0.6 is 0 Å². The average molecular weight is 671 g/mol. The lowest BCUT2D eigenvalue weighted by Gasteiger charge is -2.61. The van der Waals surface area contributed by atoms with E-state index >= 15 is 0 Å². The highest BCUT2D eigenvalue weighted by Gasteiger charge is 2.60. The van der Waals surface area contributed by atoms with Crippen LogP contribution in [0.15, 0.2) is 0 Å². The maximum Gasteiger partial charge on any atom is 0.0543 e. The molecule has 5 saturated carbocycles. The van der Waals surface area contributed by atoms with Crippen LogP contribution < -0.4 is 31.9 Å². The van der Waals surface area contributed by atoms with Gasteiger partial charge in [-0.25, -0.2) is 0 Å². The zero-order chi connectivity index (χ0) is 33.4. The Labute approximate surface area is 295 Å². The normalized spacial score (nSPS) is 43.9. The van der Waals surface area contributed by atoms with Crippen LogP contribution in [0.25, 0.3) is 0 Å². The van der Waals surface area contributed by atoms with Gasteiger partial charge < -0.3 is 37.0 Å². The molecule has 0 aromatic heterocycles. The van der Waals surface area contributed by atoms with E-state index in [9.17, 15) is 5.11 Å². The molecule has 12 atom stereocenters. The Balaban J connectivity index is 0.898. The summed E-state index contributed by atoms with van der Waals surface area (Å²) in [7, 11) is 0. The van der Waals surface area contributed by atoms with Gasteiger partial charge in [-0.2, -0.15) is 0 Å². The van der Waals surface area contributed by atoms with Gasteiger partial charge >= 0.3 is 0 Å². The molecule has 0 radical (unpaired) electrons. The smallest absolute Gasteiger partial charge is 0.0543 e. The fourth-order valence-electron chi connectivity index (χ4n) is 12.9. The van der Waals surface area contributed by atoms with Crippen molar-refractivity contribution in [1.82, 2.24) is 31.9 Å². The van der Waals surface area contributed by atoms with Gasteiger partial charge in [0.05, 0.1) is 6.10 Å². The standard InChI is InChI=1S/C41H78N6O/c1-30(35-14-15-36-34-13-12-31-28-33(48)16-18-40(31,2)37(34)17-19-41(35,36)3)8-6-20-42-21-7-9-32-29-47-39-11-5-4-10-38(39)46-27-25-44-23-22-43-24-26-45-32/h30-39,42-48H,4-29H2,1-3H3/t30-,31?,32-,33+,34?,35+,36?,37?,38+,39+,40-,41+/m0/s1. The first kappa shape index (κ1) is 37.5. The Morgan fingerprint density at radius 1 is 0.708 bits per heavy atom. The first-order chi connectivity index (χ1) is 23.4. The molecule has 0 aromatic rings. The lowest BCUT2D eigenvalue weighted by molar-refractivity contribution is -0.129. The van der Waals surface area contributed by atoms with E-state index < -0.39 is 0 Å². The molecule has 1 aliphatic heterocycles. The van der Waals surface area contributed by atoms with Crippen LogP contribution in [-0.4, -0.2) is 88.2 Å². The molecule has 6 fully saturated rings. The molecule has 0 amide bonds. The summed E-state index contributed by atoms with van der Waals surface area (Å²) in [6, 6.07) is 1.79. The summed E-state index contributed by atoms with van der Waals surface area (Å²) in [5.74, 6) is 5.38. The molecule has 278 valence electrons. The minimum Gasteiger partial charge on any atom is -0.393 e. The van der Waals surface area contributed by atoms with Crippen molar-refractivity contribution in [2.45, 2.75) is 154 Å². The minimum absolute atomic E-state index is 0.0266. The van der Waals surface area contributed by atoms with E-state index in [-0.39, 0.29) is 6.10 Å². The van der Waals surface area contributed by atoms with Gasteiger partial charge in [0.2, 0.25) is 0 Å². The van der Waals surface area contributed by atoms with E-state index in [4.69, 9.17) is 0 Å². The summed E-state index contributed by atoms with van der Waals surface area (Å²) in [6.45, 7) is 17.7. The molecule has 4 unspecified atom stereocenters. The predicted molar refractivity (Wildman–Crippen MR) is 201 cm³/mol. The van der Waals surface area contributed by atoms with E-state index in [0.29, 0.717) is 29.0 Å². The van der Waals surface area contributed by atoms with Crippen molar-refractivity contribution >= 4 is 0 Å². The molecule has 5 aliphatic carbocycles. The summed E-state index contributed by atoms with van der Waals surface area (Å²) < 4.78 is 0. The largest absolute Gasteiger partial charge is 0.393 e. The van der Waals surface area contributed by atoms with Gasteiger partial charge in [-0.05, 0) is 156 Å². The van der Waals surface area contributed by atoms with Gasteiger partial charge in [-0.1, -0.05) is 33.6 Å². The highest BCUT2D eigenvalue weighted by Crippen LogP contribution is 2.68. The van der Waals surface area contributed by atoms with Crippen molar-refractivity contribution in [3.05, 3.63) is 0 Å². The van der Waals surface area contributed by atoms with Crippen LogP contribution in [0, 0.1) is 46.3 Å². The van der Waals surface area contributed by atoms with E-state index in [1.807, 2.05) is 0 Å². The Hall–Kier alpha value is -0.280. The van der Waals surface area contributed by atoms with Gasteiger partial charge in [0.15, 0.2) is 0 Å². The molecule has 1 saturated heterocycles. The maximum atomic E-state index is 10.4. The van der Waals surface area contributed by atoms with Gasteiger partial charge in [0.1, 0.15) is 0 Å². The SMILES string of the molecule is C[C@@H](CCCNCCC[C@H]1CN[C@@H]2CCCC[C@H]2NCCNCCNCCN1)[C@H]1CCC2C3CCC4C[C@H](O)CC[C@]4(C)C3CC[C@@]21C. The van der Waals surface area contributed by atoms with Crippen LogP contribution in [0.4, 0.5) is 0 Å². The molecule has 0 spiro atoms. The number of hydrogen-bond acceptors (Lipinski definition) is 7. The fourth-order valence-corrected chi connectivity index (χ4v) is 12.9. The van der Waals surface area contributed by atoms with Crippen molar-refractivity contribution in [2.75, 3.05) is 58.9 Å². The molecular weight excluding hydrogens is 592 g/mol. The Kier molecular flexibility index (Phi) is 14.0. The van der Waals surface area contributed by atoms with E-state index in [1.165, 1.54) is 103 Å². The van der Waals surface area contributed by atoms with Gasteiger partial charge in [-0.15, -0.1) is 0 Å². The van der Waals surface area contributed by atoms with E-state index in [1.54, 1.807) is 0 Å². The summed E-state index contributed by atoms with van der Waals surface area (Å²) in [6.07, 6.45) is 22.7. The van der Waals surface area contributed by atoms with E-state index in [2.05, 4.69) is 52.7 Å². The second kappa shape index (κ2) is 18.0. The second-order valence-electron chi connectivity index (χ2n) is 18.3. The Morgan fingerprint density at radius 2 is 1.40 bits per heavy atom. The monoisotopic (exact) mass is 671 g/mol. The molecule has 7 N–H and O–H groups in total. The molecular formula is C41H78N6O. The summed E-state index contributed by atoms with van der Waals surface area (Å²) in [4.78, 5) is 0. The number of hydrogen-bond donors (Lipinski definition) is 7. The summed E-state index contributed by atoms with van der Waals surface area (Å²) in [5, 5.41) is 33.2. The number of fused-ring (bicyclic) bond motifs is 6.